The lowest BCUT2D eigenvalue weighted by Gasteiger charge is -2.15. The minimum atomic E-state index is -0.292. The van der Waals surface area contributed by atoms with Gasteiger partial charge in [-0.1, -0.05) is 0 Å². The van der Waals surface area contributed by atoms with Crippen LogP contribution in [0.1, 0.15) is 11.3 Å². The number of anilines is 1. The summed E-state index contributed by atoms with van der Waals surface area (Å²) in [5, 5.41) is 9.24. The summed E-state index contributed by atoms with van der Waals surface area (Å²) in [5.41, 5.74) is 1.67. The SMILES string of the molecule is O=C(Cn1nc2c(cc1=O)CSCC2)Nc1nccs1. The number of aromatic nitrogens is 3. The van der Waals surface area contributed by atoms with Crippen LogP contribution in [-0.2, 0) is 23.5 Å². The van der Waals surface area contributed by atoms with Gasteiger partial charge in [0, 0.05) is 29.8 Å². The van der Waals surface area contributed by atoms with Crippen molar-refractivity contribution in [3.63, 3.8) is 0 Å². The Labute approximate surface area is 123 Å². The van der Waals surface area contributed by atoms with Gasteiger partial charge in [-0.25, -0.2) is 9.67 Å². The number of rotatable bonds is 3. The van der Waals surface area contributed by atoms with Crippen molar-refractivity contribution < 1.29 is 4.79 Å². The number of aryl methyl sites for hydroxylation is 1. The maximum absolute atomic E-state index is 11.9. The van der Waals surface area contributed by atoms with E-state index in [0.29, 0.717) is 5.13 Å². The number of thiazole rings is 1. The topological polar surface area (TPSA) is 76.9 Å². The zero-order chi connectivity index (χ0) is 13.9. The van der Waals surface area contributed by atoms with Crippen molar-refractivity contribution in [3.8, 4) is 0 Å². The average molecular weight is 308 g/mol. The van der Waals surface area contributed by atoms with Crippen LogP contribution in [0.2, 0.25) is 0 Å². The van der Waals surface area contributed by atoms with Crippen LogP contribution in [-0.4, -0.2) is 26.4 Å². The van der Waals surface area contributed by atoms with Gasteiger partial charge < -0.3 is 5.32 Å². The standard InChI is InChI=1S/C12H12N4O2S2/c17-10(14-12-13-2-4-20-12)6-16-11(18)5-8-7-19-3-1-9(8)15-16/h2,4-5H,1,3,6-7H2,(H,13,14,17). The van der Waals surface area contributed by atoms with E-state index in [1.165, 1.54) is 16.0 Å². The summed E-state index contributed by atoms with van der Waals surface area (Å²) in [6.45, 7) is -0.0845. The normalized spacial score (nSPS) is 13.8. The molecule has 20 heavy (non-hydrogen) atoms. The van der Waals surface area contributed by atoms with Crippen molar-refractivity contribution in [2.45, 2.75) is 18.7 Å². The molecule has 2 aromatic rings. The number of thioether (sulfide) groups is 1. The Morgan fingerprint density at radius 1 is 1.50 bits per heavy atom. The van der Waals surface area contributed by atoms with Crippen molar-refractivity contribution >= 4 is 34.1 Å². The fourth-order valence-corrected chi connectivity index (χ4v) is 3.44. The summed E-state index contributed by atoms with van der Waals surface area (Å²) in [4.78, 5) is 27.7. The molecule has 8 heteroatoms. The van der Waals surface area contributed by atoms with E-state index in [-0.39, 0.29) is 18.0 Å². The Hall–Kier alpha value is -1.67. The van der Waals surface area contributed by atoms with E-state index in [0.717, 1.165) is 29.2 Å². The molecule has 1 aliphatic rings. The highest BCUT2D eigenvalue weighted by atomic mass is 32.2. The highest BCUT2D eigenvalue weighted by Crippen LogP contribution is 2.21. The van der Waals surface area contributed by atoms with Gasteiger partial charge in [0.25, 0.3) is 5.56 Å². The van der Waals surface area contributed by atoms with Gasteiger partial charge in [-0.2, -0.15) is 16.9 Å². The predicted molar refractivity (Wildman–Crippen MR) is 79.1 cm³/mol. The van der Waals surface area contributed by atoms with Crippen LogP contribution in [0.5, 0.6) is 0 Å². The lowest BCUT2D eigenvalue weighted by atomic mass is 10.2. The van der Waals surface area contributed by atoms with E-state index in [1.54, 1.807) is 29.4 Å². The maximum atomic E-state index is 11.9. The molecule has 0 atom stereocenters. The third-order valence-electron chi connectivity index (χ3n) is 2.88. The molecule has 0 saturated heterocycles. The van der Waals surface area contributed by atoms with E-state index in [2.05, 4.69) is 15.4 Å². The molecule has 0 saturated carbocycles. The van der Waals surface area contributed by atoms with E-state index in [4.69, 9.17) is 0 Å². The highest BCUT2D eigenvalue weighted by molar-refractivity contribution is 7.98. The molecule has 6 nitrogen and oxygen atoms in total. The van der Waals surface area contributed by atoms with E-state index >= 15 is 0 Å². The summed E-state index contributed by atoms with van der Waals surface area (Å²) in [7, 11) is 0. The van der Waals surface area contributed by atoms with Gasteiger partial charge in [0.15, 0.2) is 5.13 Å². The van der Waals surface area contributed by atoms with Gasteiger partial charge in [0.05, 0.1) is 5.69 Å². The first-order chi connectivity index (χ1) is 9.72. The number of nitrogens with one attached hydrogen (secondary N) is 1. The molecule has 1 amide bonds. The fourth-order valence-electron chi connectivity index (χ4n) is 1.95. The molecular weight excluding hydrogens is 296 g/mol. The Morgan fingerprint density at radius 3 is 3.20 bits per heavy atom. The lowest BCUT2D eigenvalue weighted by molar-refractivity contribution is -0.117. The summed E-state index contributed by atoms with van der Waals surface area (Å²) in [6.07, 6.45) is 2.45. The molecule has 3 rings (SSSR count). The fraction of sp³-hybridized carbons (Fsp3) is 0.333. The highest BCUT2D eigenvalue weighted by Gasteiger charge is 2.15. The zero-order valence-corrected chi connectivity index (χ0v) is 12.2. The Kier molecular flexibility index (Phi) is 3.83. The molecule has 0 bridgehead atoms. The number of hydrogen-bond acceptors (Lipinski definition) is 6. The van der Waals surface area contributed by atoms with Crippen LogP contribution in [0.15, 0.2) is 22.4 Å². The smallest absolute Gasteiger partial charge is 0.267 e. The molecule has 2 aromatic heterocycles. The van der Waals surface area contributed by atoms with Crippen LogP contribution in [0.4, 0.5) is 5.13 Å². The van der Waals surface area contributed by atoms with E-state index < -0.39 is 0 Å². The molecule has 0 radical (unpaired) electrons. The second-order valence-electron chi connectivity index (χ2n) is 4.30. The number of carbonyl (C=O) groups is 1. The van der Waals surface area contributed by atoms with Crippen molar-refractivity contribution in [1.82, 2.24) is 14.8 Å². The molecule has 1 aliphatic heterocycles. The minimum Gasteiger partial charge on any atom is -0.300 e. The number of hydrogen-bond donors (Lipinski definition) is 1. The average Bonchev–Trinajstić information content (AvgIpc) is 2.92. The molecule has 104 valence electrons. The van der Waals surface area contributed by atoms with Crippen LogP contribution in [0, 0.1) is 0 Å². The van der Waals surface area contributed by atoms with E-state index in [9.17, 15) is 9.59 Å². The second-order valence-corrected chi connectivity index (χ2v) is 6.30. The Morgan fingerprint density at radius 2 is 2.40 bits per heavy atom. The van der Waals surface area contributed by atoms with Gasteiger partial charge in [-0.3, -0.25) is 9.59 Å². The number of amides is 1. The summed E-state index contributed by atoms with van der Waals surface area (Å²) in [5.74, 6) is 1.53. The largest absolute Gasteiger partial charge is 0.300 e. The first-order valence-corrected chi connectivity index (χ1v) is 8.13. The quantitative estimate of drug-likeness (QED) is 0.919. The van der Waals surface area contributed by atoms with Crippen LogP contribution in [0.3, 0.4) is 0 Å². The molecule has 0 aromatic carbocycles. The van der Waals surface area contributed by atoms with Gasteiger partial charge in [-0.05, 0) is 11.3 Å². The van der Waals surface area contributed by atoms with E-state index in [1.807, 2.05) is 0 Å². The zero-order valence-electron chi connectivity index (χ0n) is 10.5. The Balaban J connectivity index is 1.77. The van der Waals surface area contributed by atoms with Crippen LogP contribution < -0.4 is 10.9 Å². The molecule has 0 aliphatic carbocycles. The second kappa shape index (κ2) is 5.76. The molecular formula is C12H12N4O2S2. The monoisotopic (exact) mass is 308 g/mol. The van der Waals surface area contributed by atoms with Crippen molar-refractivity contribution in [1.29, 1.82) is 0 Å². The molecule has 3 heterocycles. The van der Waals surface area contributed by atoms with Gasteiger partial charge >= 0.3 is 0 Å². The van der Waals surface area contributed by atoms with Crippen molar-refractivity contribution in [3.05, 3.63) is 39.3 Å². The number of carbonyl (C=O) groups excluding carboxylic acids is 1. The summed E-state index contributed by atoms with van der Waals surface area (Å²) >= 11 is 3.13. The van der Waals surface area contributed by atoms with Gasteiger partial charge in [-0.15, -0.1) is 11.3 Å². The third kappa shape index (κ3) is 2.91. The van der Waals surface area contributed by atoms with Gasteiger partial charge in [0.2, 0.25) is 5.91 Å². The van der Waals surface area contributed by atoms with Crippen molar-refractivity contribution in [2.75, 3.05) is 11.1 Å². The molecule has 0 unspecified atom stereocenters. The number of fused-ring (bicyclic) bond motifs is 1. The summed E-state index contributed by atoms with van der Waals surface area (Å²) in [6, 6.07) is 1.59. The lowest BCUT2D eigenvalue weighted by Crippen LogP contribution is -2.31. The van der Waals surface area contributed by atoms with Crippen LogP contribution in [0.25, 0.3) is 0 Å². The third-order valence-corrected chi connectivity index (χ3v) is 4.57. The maximum Gasteiger partial charge on any atom is 0.267 e. The number of nitrogens with zero attached hydrogens (tertiary/aromatic N) is 3. The molecule has 0 fully saturated rings. The minimum absolute atomic E-state index is 0.0845. The first-order valence-electron chi connectivity index (χ1n) is 6.09. The first kappa shape index (κ1) is 13.3. The predicted octanol–water partition coefficient (Wildman–Crippen LogP) is 1.13. The Bertz CT molecular complexity index is 681. The van der Waals surface area contributed by atoms with Crippen molar-refractivity contribution in [2.24, 2.45) is 0 Å². The van der Waals surface area contributed by atoms with Crippen LogP contribution >= 0.6 is 23.1 Å². The molecule has 0 spiro atoms. The van der Waals surface area contributed by atoms with Gasteiger partial charge in [0.1, 0.15) is 6.54 Å². The summed E-state index contributed by atoms with van der Waals surface area (Å²) < 4.78 is 1.22. The molecule has 1 N–H and O–H groups in total.